The van der Waals surface area contributed by atoms with Crippen LogP contribution in [0.25, 0.3) is 10.2 Å². The Kier molecular flexibility index (Phi) is 5.08. The number of para-hydroxylation sites is 1. The molecule has 5 rings (SSSR count). The molecule has 2 saturated heterocycles. The molecule has 7 heteroatoms. The molecule has 30 heavy (non-hydrogen) atoms. The van der Waals surface area contributed by atoms with Crippen molar-refractivity contribution in [3.05, 3.63) is 54.1 Å². The summed E-state index contributed by atoms with van der Waals surface area (Å²) in [5.74, 6) is 0.799. The number of benzene rings is 2. The lowest BCUT2D eigenvalue weighted by molar-refractivity contribution is 0.0904. The third-order valence-electron chi connectivity index (χ3n) is 6.42. The second-order valence-electron chi connectivity index (χ2n) is 8.36. The van der Waals surface area contributed by atoms with Crippen molar-refractivity contribution in [1.82, 2.24) is 14.8 Å². The van der Waals surface area contributed by atoms with Gasteiger partial charge in [0, 0.05) is 24.7 Å². The van der Waals surface area contributed by atoms with Gasteiger partial charge in [0.05, 0.1) is 10.2 Å². The number of aromatic nitrogens is 1. The minimum absolute atomic E-state index is 0.257. The van der Waals surface area contributed by atoms with E-state index in [4.69, 9.17) is 10.5 Å². The summed E-state index contributed by atoms with van der Waals surface area (Å²) in [5.41, 5.74) is 7.80. The fraction of sp³-hybridized carbons (Fsp3) is 0.391. The molecular weight excluding hydrogens is 396 g/mol. The first-order chi connectivity index (χ1) is 14.6. The van der Waals surface area contributed by atoms with Crippen molar-refractivity contribution in [2.24, 2.45) is 5.73 Å². The Hall–Kier alpha value is -2.64. The normalized spacial score (nSPS) is 23.3. The minimum atomic E-state index is -0.257. The molecular formula is C23H26N4O2S. The highest BCUT2D eigenvalue weighted by Crippen LogP contribution is 2.37. The molecule has 1 aromatic heterocycles. The number of hydrogen-bond acceptors (Lipinski definition) is 5. The van der Waals surface area contributed by atoms with Gasteiger partial charge in [-0.1, -0.05) is 35.6 Å². The van der Waals surface area contributed by atoms with Crippen LogP contribution in [0, 0.1) is 0 Å². The number of rotatable bonds is 5. The molecule has 2 N–H and O–H groups in total. The van der Waals surface area contributed by atoms with Gasteiger partial charge in [0.2, 0.25) is 0 Å². The number of fused-ring (bicyclic) bond motifs is 3. The Labute approximate surface area is 180 Å². The second-order valence-corrected chi connectivity index (χ2v) is 9.36. The quantitative estimate of drug-likeness (QED) is 0.653. The zero-order chi connectivity index (χ0) is 20.7. The Morgan fingerprint density at radius 2 is 1.87 bits per heavy atom. The number of hydrogen-bond donors (Lipinski definition) is 1. The fourth-order valence-corrected chi connectivity index (χ4v) is 5.78. The van der Waals surface area contributed by atoms with Crippen LogP contribution < -0.4 is 10.5 Å². The highest BCUT2D eigenvalue weighted by atomic mass is 32.1. The van der Waals surface area contributed by atoms with Crippen molar-refractivity contribution >= 4 is 27.6 Å². The van der Waals surface area contributed by atoms with Gasteiger partial charge in [-0.05, 0) is 62.6 Å². The minimum Gasteiger partial charge on any atom is -0.431 e. The van der Waals surface area contributed by atoms with E-state index in [1.165, 1.54) is 5.56 Å². The summed E-state index contributed by atoms with van der Waals surface area (Å²) in [6.07, 6.45) is 4.18. The topological polar surface area (TPSA) is 71.7 Å². The maximum absolute atomic E-state index is 11.7. The van der Waals surface area contributed by atoms with Gasteiger partial charge in [-0.2, -0.15) is 0 Å². The predicted octanol–water partition coefficient (Wildman–Crippen LogP) is 4.59. The molecule has 2 bridgehead atoms. The highest BCUT2D eigenvalue weighted by Gasteiger charge is 2.43. The summed E-state index contributed by atoms with van der Waals surface area (Å²) in [6, 6.07) is 17.1. The molecule has 0 unspecified atom stereocenters. The Morgan fingerprint density at radius 1 is 1.17 bits per heavy atom. The smallest absolute Gasteiger partial charge is 0.315 e. The van der Waals surface area contributed by atoms with Crippen LogP contribution in [0.3, 0.4) is 0 Å². The van der Waals surface area contributed by atoms with Crippen LogP contribution >= 0.6 is 11.3 Å². The Morgan fingerprint density at radius 3 is 2.53 bits per heavy atom. The van der Waals surface area contributed by atoms with Gasteiger partial charge >= 0.3 is 6.03 Å². The molecule has 0 spiro atoms. The van der Waals surface area contributed by atoms with Crippen molar-refractivity contribution in [2.45, 2.75) is 50.4 Å². The van der Waals surface area contributed by atoms with Crippen LogP contribution in [0.5, 0.6) is 10.9 Å². The van der Waals surface area contributed by atoms with Crippen molar-refractivity contribution in [1.29, 1.82) is 0 Å². The van der Waals surface area contributed by atoms with Gasteiger partial charge in [-0.3, -0.25) is 4.90 Å². The predicted molar refractivity (Wildman–Crippen MR) is 119 cm³/mol. The van der Waals surface area contributed by atoms with E-state index in [1.807, 2.05) is 35.2 Å². The molecule has 3 heterocycles. The van der Waals surface area contributed by atoms with E-state index in [9.17, 15) is 4.79 Å². The number of nitrogens with two attached hydrogens (primary N) is 1. The standard InChI is InChI=1S/C23H26N4O2S/c1-26(18-12-16-8-9-17(13-18)27(16)22(24)28)14-15-6-10-19(11-7-15)29-23-25-20-4-2-3-5-21(20)30-23/h2-7,10-11,16-18H,8-9,12-14H2,1H3,(H2,24,28)/t16-,17+,18+. The number of nitrogens with zero attached hydrogens (tertiary/aromatic N) is 3. The molecule has 3 aromatic rings. The number of carbonyl (C=O) groups is 1. The lowest BCUT2D eigenvalue weighted by Crippen LogP contribution is -2.53. The Bertz CT molecular complexity index is 1000. The van der Waals surface area contributed by atoms with Crippen molar-refractivity contribution in [2.75, 3.05) is 7.05 Å². The average molecular weight is 423 g/mol. The number of ether oxygens (including phenoxy) is 1. The van der Waals surface area contributed by atoms with Crippen molar-refractivity contribution in [3.63, 3.8) is 0 Å². The van der Waals surface area contributed by atoms with Crippen LogP contribution in [-0.4, -0.2) is 46.0 Å². The monoisotopic (exact) mass is 422 g/mol. The van der Waals surface area contributed by atoms with Gasteiger partial charge in [0.1, 0.15) is 5.75 Å². The molecule has 3 atom stereocenters. The zero-order valence-corrected chi connectivity index (χ0v) is 17.8. The lowest BCUT2D eigenvalue weighted by Gasteiger charge is -2.41. The molecule has 2 amide bonds. The fourth-order valence-electron chi connectivity index (χ4n) is 4.94. The summed E-state index contributed by atoms with van der Waals surface area (Å²) in [4.78, 5) is 20.6. The maximum Gasteiger partial charge on any atom is 0.315 e. The largest absolute Gasteiger partial charge is 0.431 e. The molecule has 2 aromatic carbocycles. The number of piperidine rings is 1. The van der Waals surface area contributed by atoms with E-state index < -0.39 is 0 Å². The van der Waals surface area contributed by atoms with Crippen LogP contribution in [0.1, 0.15) is 31.2 Å². The van der Waals surface area contributed by atoms with Crippen LogP contribution in [-0.2, 0) is 6.54 Å². The van der Waals surface area contributed by atoms with Crippen LogP contribution in [0.4, 0.5) is 4.79 Å². The van der Waals surface area contributed by atoms with Gasteiger partial charge in [0.25, 0.3) is 5.19 Å². The lowest BCUT2D eigenvalue weighted by atomic mass is 9.96. The molecule has 6 nitrogen and oxygen atoms in total. The first-order valence-corrected chi connectivity index (χ1v) is 11.3. The summed E-state index contributed by atoms with van der Waals surface area (Å²) >= 11 is 1.56. The molecule has 2 aliphatic rings. The van der Waals surface area contributed by atoms with Gasteiger partial charge in [-0.25, -0.2) is 9.78 Å². The van der Waals surface area contributed by atoms with E-state index in [2.05, 4.69) is 35.1 Å². The molecule has 2 aliphatic heterocycles. The molecule has 156 valence electrons. The molecule has 0 radical (unpaired) electrons. The number of carbonyl (C=O) groups excluding carboxylic acids is 1. The SMILES string of the molecule is CN(Cc1ccc(Oc2nc3ccccc3s2)cc1)[C@H]1C[C@H]2CC[C@@H](C1)N2C(N)=O. The summed E-state index contributed by atoms with van der Waals surface area (Å²) in [6.45, 7) is 0.877. The van der Waals surface area contributed by atoms with E-state index in [1.54, 1.807) is 11.3 Å². The van der Waals surface area contributed by atoms with Crippen molar-refractivity contribution < 1.29 is 9.53 Å². The number of primary amides is 1. The number of thiazole rings is 1. The molecule has 0 saturated carbocycles. The molecule has 2 fully saturated rings. The first kappa shape index (κ1) is 19.3. The first-order valence-electron chi connectivity index (χ1n) is 10.5. The third kappa shape index (κ3) is 3.75. The second kappa shape index (κ2) is 7.89. The van der Waals surface area contributed by atoms with E-state index in [0.29, 0.717) is 23.3 Å². The zero-order valence-electron chi connectivity index (χ0n) is 17.0. The number of amides is 2. The average Bonchev–Trinajstić information content (AvgIpc) is 3.26. The highest BCUT2D eigenvalue weighted by molar-refractivity contribution is 7.20. The van der Waals surface area contributed by atoms with E-state index in [-0.39, 0.29) is 6.03 Å². The summed E-state index contributed by atoms with van der Waals surface area (Å²) < 4.78 is 7.08. The van der Waals surface area contributed by atoms with Gasteiger partial charge < -0.3 is 15.4 Å². The third-order valence-corrected chi connectivity index (χ3v) is 7.34. The summed E-state index contributed by atoms with van der Waals surface area (Å²) in [7, 11) is 2.18. The van der Waals surface area contributed by atoms with Crippen molar-refractivity contribution in [3.8, 4) is 10.9 Å². The van der Waals surface area contributed by atoms with Gasteiger partial charge in [-0.15, -0.1) is 0 Å². The summed E-state index contributed by atoms with van der Waals surface area (Å²) in [5, 5.41) is 0.665. The number of urea groups is 1. The van der Waals surface area contributed by atoms with Crippen LogP contribution in [0.15, 0.2) is 48.5 Å². The van der Waals surface area contributed by atoms with Gasteiger partial charge in [0.15, 0.2) is 0 Å². The maximum atomic E-state index is 11.7. The van der Waals surface area contributed by atoms with E-state index in [0.717, 1.165) is 48.2 Å². The Balaban J connectivity index is 1.20. The molecule has 0 aliphatic carbocycles. The van der Waals surface area contributed by atoms with E-state index >= 15 is 0 Å². The van der Waals surface area contributed by atoms with Crippen LogP contribution in [0.2, 0.25) is 0 Å².